The van der Waals surface area contributed by atoms with Crippen molar-refractivity contribution in [1.29, 1.82) is 0 Å². The predicted molar refractivity (Wildman–Crippen MR) is 140 cm³/mol. The van der Waals surface area contributed by atoms with E-state index in [-0.39, 0.29) is 40.8 Å². The molecule has 0 aromatic carbocycles. The Hall–Kier alpha value is -0.150. The number of carbonyl (C=O) groups excluding carboxylic acids is 2. The quantitative estimate of drug-likeness (QED) is 0.252. The molecule has 2 atom stereocenters. The van der Waals surface area contributed by atoms with E-state index >= 15 is 0 Å². The molecule has 36 heavy (non-hydrogen) atoms. The van der Waals surface area contributed by atoms with Crippen molar-refractivity contribution >= 4 is 22.9 Å². The standard InChI is InChI=1S/C8H14.C7H14O4S.C7H12O.C6H8O.Na/c1-7-4-5-8(2,3)6-7;1-6(2)3-4-7(8,5-6)11-12(9)10;1-7(2)4-3-6(8)5-7;1-5-2-3-6(7)4-5;/h1,4-6H2,2-3H3;8H,3-5H2,1-2H3,(H,9,10);3-5H2,1-2H3;4H,2-3H2,1H3;/q;;;;+1/p-1. The van der Waals surface area contributed by atoms with Gasteiger partial charge < -0.3 is 9.66 Å². The Kier molecular flexibility index (Phi) is 14.8. The monoisotopic (exact) mass is 534 g/mol. The van der Waals surface area contributed by atoms with Gasteiger partial charge in [-0.3, -0.25) is 13.8 Å². The maximum absolute atomic E-state index is 10.7. The molecule has 0 aromatic rings. The molecule has 2 unspecified atom stereocenters. The van der Waals surface area contributed by atoms with Crippen molar-refractivity contribution in [2.75, 3.05) is 0 Å². The van der Waals surface area contributed by atoms with Gasteiger partial charge in [0.05, 0.1) is 11.4 Å². The number of Topliss-reactive ketones (excluding diaryl/α,β-unsaturated/α-hetero) is 1. The van der Waals surface area contributed by atoms with Crippen LogP contribution in [0.2, 0.25) is 0 Å². The van der Waals surface area contributed by atoms with Gasteiger partial charge in [-0.15, -0.1) is 0 Å². The fraction of sp³-hybridized carbons (Fsp3) is 0.786. The summed E-state index contributed by atoms with van der Waals surface area (Å²) in [7, 11) is 0. The summed E-state index contributed by atoms with van der Waals surface area (Å²) in [6.07, 6.45) is 11.5. The van der Waals surface area contributed by atoms with Crippen LogP contribution >= 0.6 is 0 Å². The van der Waals surface area contributed by atoms with Gasteiger partial charge in [-0.1, -0.05) is 59.3 Å². The second-order valence-corrected chi connectivity index (χ2v) is 13.6. The molecule has 4 aliphatic carbocycles. The first-order chi connectivity index (χ1) is 15.8. The van der Waals surface area contributed by atoms with Crippen LogP contribution in [0.15, 0.2) is 23.8 Å². The summed E-state index contributed by atoms with van der Waals surface area (Å²) in [6, 6.07) is 0. The van der Waals surface area contributed by atoms with Gasteiger partial charge in [-0.2, -0.15) is 0 Å². The number of allylic oxidation sites excluding steroid dienone is 3. The van der Waals surface area contributed by atoms with E-state index < -0.39 is 17.1 Å². The molecule has 0 radical (unpaired) electrons. The fourth-order valence-corrected chi connectivity index (χ4v) is 5.35. The van der Waals surface area contributed by atoms with Gasteiger partial charge in [0.1, 0.15) is 5.78 Å². The number of hydrogen-bond donors (Lipinski definition) is 1. The minimum absolute atomic E-state index is 0. The maximum atomic E-state index is 10.7. The number of rotatable bonds is 2. The van der Waals surface area contributed by atoms with Crippen molar-refractivity contribution in [3.05, 3.63) is 23.8 Å². The molecule has 8 heteroatoms. The zero-order valence-electron chi connectivity index (χ0n) is 24.0. The summed E-state index contributed by atoms with van der Waals surface area (Å²) >= 11 is -2.63. The average Bonchev–Trinajstić information content (AvgIpc) is 3.37. The van der Waals surface area contributed by atoms with E-state index in [1.165, 1.54) is 30.4 Å². The Morgan fingerprint density at radius 2 is 1.44 bits per heavy atom. The van der Waals surface area contributed by atoms with Gasteiger partial charge in [-0.25, -0.2) is 4.21 Å². The predicted octanol–water partition coefficient (Wildman–Crippen LogP) is 3.51. The topological polar surface area (TPSA) is 104 Å². The molecule has 4 aliphatic rings. The number of aliphatic hydroxyl groups is 1. The molecule has 0 aliphatic heterocycles. The zero-order valence-corrected chi connectivity index (χ0v) is 26.8. The van der Waals surface area contributed by atoms with E-state index in [1.807, 2.05) is 20.8 Å². The molecule has 3 saturated carbocycles. The second kappa shape index (κ2) is 14.9. The van der Waals surface area contributed by atoms with Gasteiger partial charge in [-0.05, 0) is 67.8 Å². The maximum Gasteiger partial charge on any atom is 1.00 e. The van der Waals surface area contributed by atoms with E-state index in [0.29, 0.717) is 29.5 Å². The molecule has 0 aromatic heterocycles. The van der Waals surface area contributed by atoms with E-state index in [9.17, 15) is 23.5 Å². The third kappa shape index (κ3) is 15.3. The van der Waals surface area contributed by atoms with Crippen molar-refractivity contribution in [3.63, 3.8) is 0 Å². The van der Waals surface area contributed by atoms with Crippen LogP contribution in [-0.4, -0.2) is 31.2 Å². The number of carbonyl (C=O) groups is 2. The summed E-state index contributed by atoms with van der Waals surface area (Å²) in [4.78, 5) is 21.0. The first-order valence-corrected chi connectivity index (χ1v) is 13.7. The Balaban J connectivity index is 0.000000459. The summed E-state index contributed by atoms with van der Waals surface area (Å²) in [5.41, 5.74) is 3.52. The Labute approximate surface area is 243 Å². The van der Waals surface area contributed by atoms with Gasteiger partial charge >= 0.3 is 29.6 Å². The first kappa shape index (κ1) is 35.9. The van der Waals surface area contributed by atoms with E-state index in [1.54, 1.807) is 6.08 Å². The van der Waals surface area contributed by atoms with Crippen LogP contribution in [0.5, 0.6) is 0 Å². The third-order valence-corrected chi connectivity index (χ3v) is 7.43. The normalized spacial score (nSPS) is 27.9. The largest absolute Gasteiger partial charge is 1.00 e. The number of hydrogen-bond acceptors (Lipinski definition) is 6. The van der Waals surface area contributed by atoms with Crippen LogP contribution in [0.1, 0.15) is 119 Å². The van der Waals surface area contributed by atoms with Gasteiger partial charge in [0.2, 0.25) is 0 Å². The molecule has 202 valence electrons. The molecule has 6 nitrogen and oxygen atoms in total. The second-order valence-electron chi connectivity index (χ2n) is 13.0. The summed E-state index contributed by atoms with van der Waals surface area (Å²) < 4.78 is 24.8. The summed E-state index contributed by atoms with van der Waals surface area (Å²) in [5, 5.41) is 9.58. The minimum atomic E-state index is -2.63. The Morgan fingerprint density at radius 1 is 0.889 bits per heavy atom. The smallest absolute Gasteiger partial charge is 0.750 e. The molecule has 0 spiro atoms. The molecular formula is C28H47NaO6S. The molecule has 1 N–H and O–H groups in total. The molecular weight excluding hydrogens is 487 g/mol. The van der Waals surface area contributed by atoms with Crippen LogP contribution in [0.25, 0.3) is 0 Å². The summed E-state index contributed by atoms with van der Waals surface area (Å²) in [6.45, 7) is 18.8. The van der Waals surface area contributed by atoms with Crippen LogP contribution in [0.3, 0.4) is 0 Å². The number of ketones is 2. The summed E-state index contributed by atoms with van der Waals surface area (Å²) in [5.74, 6) is -0.733. The fourth-order valence-electron chi connectivity index (χ4n) is 4.95. The van der Waals surface area contributed by atoms with Gasteiger partial charge in [0.15, 0.2) is 11.6 Å². The molecule has 3 fully saturated rings. The van der Waals surface area contributed by atoms with E-state index in [4.69, 9.17) is 0 Å². The van der Waals surface area contributed by atoms with E-state index in [2.05, 4.69) is 38.5 Å². The van der Waals surface area contributed by atoms with E-state index in [0.717, 1.165) is 38.5 Å². The Bertz CT molecular complexity index is 800. The molecule has 0 amide bonds. The van der Waals surface area contributed by atoms with Crippen molar-refractivity contribution in [2.24, 2.45) is 16.2 Å². The van der Waals surface area contributed by atoms with Crippen LogP contribution in [0.4, 0.5) is 0 Å². The van der Waals surface area contributed by atoms with Crippen LogP contribution in [0, 0.1) is 16.2 Å². The minimum Gasteiger partial charge on any atom is -0.750 e. The third-order valence-electron chi connectivity index (χ3n) is 6.98. The van der Waals surface area contributed by atoms with Crippen molar-refractivity contribution in [3.8, 4) is 0 Å². The van der Waals surface area contributed by atoms with Crippen LogP contribution < -0.4 is 29.6 Å². The first-order valence-electron chi connectivity index (χ1n) is 12.7. The van der Waals surface area contributed by atoms with Gasteiger partial charge in [0.25, 0.3) is 0 Å². The molecule has 0 heterocycles. The zero-order chi connectivity index (χ0) is 27.1. The SMILES string of the molecule is C=C1CCC(C)(C)C1.CC1(C)CCC(=O)C1.CC1(C)CCC(O)(OS(=O)[O-])C1.CC1=CC(=O)CC1.[Na+]. The van der Waals surface area contributed by atoms with Gasteiger partial charge in [0, 0.05) is 32.1 Å². The van der Waals surface area contributed by atoms with Crippen molar-refractivity contribution in [2.45, 2.75) is 125 Å². The van der Waals surface area contributed by atoms with Crippen molar-refractivity contribution < 1.29 is 57.2 Å². The molecule has 0 saturated heterocycles. The average molecular weight is 535 g/mol. The molecule has 4 rings (SSSR count). The van der Waals surface area contributed by atoms with Crippen molar-refractivity contribution in [1.82, 2.24) is 0 Å². The Morgan fingerprint density at radius 3 is 1.64 bits per heavy atom. The molecule has 0 bridgehead atoms. The van der Waals surface area contributed by atoms with Crippen LogP contribution in [-0.2, 0) is 25.1 Å².